The van der Waals surface area contributed by atoms with Crippen molar-refractivity contribution in [2.75, 3.05) is 0 Å². The van der Waals surface area contributed by atoms with Gasteiger partial charge in [0.25, 0.3) is 5.69 Å². The summed E-state index contributed by atoms with van der Waals surface area (Å²) in [5.41, 5.74) is 0.372. The number of halogens is 2. The van der Waals surface area contributed by atoms with Crippen molar-refractivity contribution < 1.29 is 4.92 Å². The first-order valence-corrected chi connectivity index (χ1v) is 6.10. The summed E-state index contributed by atoms with van der Waals surface area (Å²) in [6.07, 6.45) is 0. The van der Waals surface area contributed by atoms with Crippen LogP contribution in [0, 0.1) is 10.1 Å². The number of aromatic nitrogens is 2. The van der Waals surface area contributed by atoms with Crippen LogP contribution in [0.15, 0.2) is 39.5 Å². The number of hydrogen-bond donors (Lipinski definition) is 0. The maximum atomic E-state index is 10.9. The van der Waals surface area contributed by atoms with Crippen LogP contribution >= 0.6 is 31.9 Å². The number of hydrogen-bond acceptors (Lipinski definition) is 4. The summed E-state index contributed by atoms with van der Waals surface area (Å²) in [6.45, 7) is 0. The van der Waals surface area contributed by atoms with E-state index in [2.05, 4.69) is 41.8 Å². The topological polar surface area (TPSA) is 68.9 Å². The standard InChI is InChI=1S/C10H5Br2N3O2/c11-8-5-9(12)14-10(13-8)6-3-1-2-4-7(6)15(16)17/h1-5H. The molecule has 0 amide bonds. The average molecular weight is 359 g/mol. The molecule has 1 aromatic heterocycles. The summed E-state index contributed by atoms with van der Waals surface area (Å²) in [6, 6.07) is 8.02. The SMILES string of the molecule is O=[N+]([O-])c1ccccc1-c1nc(Br)cc(Br)n1. The molecule has 2 rings (SSSR count). The van der Waals surface area contributed by atoms with Crippen LogP contribution in [0.3, 0.4) is 0 Å². The number of nitro groups is 1. The van der Waals surface area contributed by atoms with E-state index in [0.717, 1.165) is 0 Å². The highest BCUT2D eigenvalue weighted by atomic mass is 79.9. The maximum absolute atomic E-state index is 10.9. The summed E-state index contributed by atoms with van der Waals surface area (Å²) in [7, 11) is 0. The Morgan fingerprint density at radius 3 is 2.29 bits per heavy atom. The van der Waals surface area contributed by atoms with Gasteiger partial charge in [-0.05, 0) is 37.9 Å². The van der Waals surface area contributed by atoms with Crippen LogP contribution in [0.1, 0.15) is 0 Å². The van der Waals surface area contributed by atoms with E-state index in [-0.39, 0.29) is 5.69 Å². The molecule has 0 bridgehead atoms. The summed E-state index contributed by atoms with van der Waals surface area (Å²) in [5, 5.41) is 10.9. The molecule has 0 aliphatic rings. The smallest absolute Gasteiger partial charge is 0.258 e. The molecule has 0 atom stereocenters. The molecule has 0 unspecified atom stereocenters. The fourth-order valence-corrected chi connectivity index (χ4v) is 2.41. The first kappa shape index (κ1) is 12.1. The Balaban J connectivity index is 2.64. The molecule has 0 spiro atoms. The molecule has 0 saturated heterocycles. The zero-order chi connectivity index (χ0) is 12.4. The molecule has 0 N–H and O–H groups in total. The van der Waals surface area contributed by atoms with E-state index in [1.165, 1.54) is 6.07 Å². The summed E-state index contributed by atoms with van der Waals surface area (Å²) >= 11 is 6.44. The molecule has 86 valence electrons. The molecule has 0 aliphatic heterocycles. The minimum atomic E-state index is -0.451. The maximum Gasteiger partial charge on any atom is 0.280 e. The van der Waals surface area contributed by atoms with Gasteiger partial charge in [0.1, 0.15) is 9.21 Å². The van der Waals surface area contributed by atoms with Gasteiger partial charge in [-0.2, -0.15) is 0 Å². The van der Waals surface area contributed by atoms with Crippen molar-refractivity contribution in [2.45, 2.75) is 0 Å². The third kappa shape index (κ3) is 2.67. The Hall–Kier alpha value is -1.34. The van der Waals surface area contributed by atoms with E-state index in [1.807, 2.05) is 0 Å². The fraction of sp³-hybridized carbons (Fsp3) is 0. The third-order valence-corrected chi connectivity index (χ3v) is 2.82. The van der Waals surface area contributed by atoms with Gasteiger partial charge in [0.05, 0.1) is 10.5 Å². The van der Waals surface area contributed by atoms with Crippen molar-refractivity contribution in [3.63, 3.8) is 0 Å². The van der Waals surface area contributed by atoms with E-state index in [9.17, 15) is 10.1 Å². The molecule has 1 aromatic carbocycles. The lowest BCUT2D eigenvalue weighted by atomic mass is 10.1. The predicted octanol–water partition coefficient (Wildman–Crippen LogP) is 3.58. The lowest BCUT2D eigenvalue weighted by Crippen LogP contribution is -1.96. The highest BCUT2D eigenvalue weighted by molar-refractivity contribution is 9.11. The number of nitrogens with zero attached hydrogens (tertiary/aromatic N) is 3. The summed E-state index contributed by atoms with van der Waals surface area (Å²) < 4.78 is 1.13. The Bertz CT molecular complexity index is 569. The van der Waals surface area contributed by atoms with Gasteiger partial charge in [0.15, 0.2) is 5.82 Å². The molecule has 5 nitrogen and oxygen atoms in total. The number of rotatable bonds is 2. The van der Waals surface area contributed by atoms with Gasteiger partial charge in [-0.1, -0.05) is 12.1 Å². The summed E-state index contributed by atoms with van der Waals surface area (Å²) in [4.78, 5) is 18.7. The van der Waals surface area contributed by atoms with Crippen molar-refractivity contribution in [2.24, 2.45) is 0 Å². The van der Waals surface area contributed by atoms with Crippen LogP contribution in [0.4, 0.5) is 5.69 Å². The van der Waals surface area contributed by atoms with Crippen LogP contribution < -0.4 is 0 Å². The molecule has 7 heteroatoms. The van der Waals surface area contributed by atoms with Gasteiger partial charge in [0.2, 0.25) is 0 Å². The van der Waals surface area contributed by atoms with Crippen LogP contribution in [-0.4, -0.2) is 14.9 Å². The molecular formula is C10H5Br2N3O2. The van der Waals surface area contributed by atoms with Crippen molar-refractivity contribution in [3.8, 4) is 11.4 Å². The number of benzene rings is 1. The zero-order valence-electron chi connectivity index (χ0n) is 8.30. The molecule has 17 heavy (non-hydrogen) atoms. The molecule has 1 heterocycles. The van der Waals surface area contributed by atoms with Gasteiger partial charge in [-0.25, -0.2) is 9.97 Å². The molecule has 0 radical (unpaired) electrons. The van der Waals surface area contributed by atoms with Crippen molar-refractivity contribution in [1.29, 1.82) is 0 Å². The molecule has 0 fully saturated rings. The van der Waals surface area contributed by atoms with Crippen LogP contribution in [0.25, 0.3) is 11.4 Å². The van der Waals surface area contributed by atoms with E-state index < -0.39 is 4.92 Å². The van der Waals surface area contributed by atoms with Crippen molar-refractivity contribution >= 4 is 37.5 Å². The predicted molar refractivity (Wildman–Crippen MR) is 69.5 cm³/mol. The van der Waals surface area contributed by atoms with Crippen LogP contribution in [0.5, 0.6) is 0 Å². The number of nitro benzene ring substituents is 1. The second kappa shape index (κ2) is 4.89. The van der Waals surface area contributed by atoms with Crippen LogP contribution in [-0.2, 0) is 0 Å². The fourth-order valence-electron chi connectivity index (χ4n) is 1.33. The first-order valence-electron chi connectivity index (χ1n) is 4.52. The van der Waals surface area contributed by atoms with E-state index in [0.29, 0.717) is 20.6 Å². The highest BCUT2D eigenvalue weighted by Crippen LogP contribution is 2.28. The molecule has 0 aliphatic carbocycles. The Kier molecular flexibility index (Phi) is 3.49. The largest absolute Gasteiger partial charge is 0.280 e. The van der Waals surface area contributed by atoms with E-state index in [1.54, 1.807) is 24.3 Å². The summed E-state index contributed by atoms with van der Waals surface area (Å²) in [5.74, 6) is 0.304. The monoisotopic (exact) mass is 357 g/mol. The number of para-hydroxylation sites is 1. The second-order valence-corrected chi connectivity index (χ2v) is 4.74. The van der Waals surface area contributed by atoms with Crippen molar-refractivity contribution in [3.05, 3.63) is 49.7 Å². The Morgan fingerprint density at radius 1 is 1.12 bits per heavy atom. The van der Waals surface area contributed by atoms with Gasteiger partial charge in [0, 0.05) is 12.1 Å². The normalized spacial score (nSPS) is 10.2. The molecular weight excluding hydrogens is 354 g/mol. The average Bonchev–Trinajstić information content (AvgIpc) is 2.27. The molecule has 2 aromatic rings. The molecule has 0 saturated carbocycles. The van der Waals surface area contributed by atoms with E-state index >= 15 is 0 Å². The highest BCUT2D eigenvalue weighted by Gasteiger charge is 2.17. The lowest BCUT2D eigenvalue weighted by Gasteiger charge is -2.02. The minimum absolute atomic E-state index is 0.0162. The van der Waals surface area contributed by atoms with Gasteiger partial charge < -0.3 is 0 Å². The van der Waals surface area contributed by atoms with Crippen molar-refractivity contribution in [1.82, 2.24) is 9.97 Å². The van der Waals surface area contributed by atoms with Gasteiger partial charge >= 0.3 is 0 Å². The van der Waals surface area contributed by atoms with Crippen LogP contribution in [0.2, 0.25) is 0 Å². The second-order valence-electron chi connectivity index (χ2n) is 3.11. The first-order chi connectivity index (χ1) is 8.08. The van der Waals surface area contributed by atoms with E-state index in [4.69, 9.17) is 0 Å². The minimum Gasteiger partial charge on any atom is -0.258 e. The lowest BCUT2D eigenvalue weighted by molar-refractivity contribution is -0.384. The van der Waals surface area contributed by atoms with Gasteiger partial charge in [-0.15, -0.1) is 0 Å². The Morgan fingerprint density at radius 2 is 1.71 bits per heavy atom. The Labute approximate surface area is 113 Å². The quantitative estimate of drug-likeness (QED) is 0.467. The van der Waals surface area contributed by atoms with Gasteiger partial charge in [-0.3, -0.25) is 10.1 Å². The zero-order valence-corrected chi connectivity index (χ0v) is 11.5. The third-order valence-electron chi connectivity index (χ3n) is 2.01.